The van der Waals surface area contributed by atoms with Crippen molar-refractivity contribution < 1.29 is 44.8 Å². The van der Waals surface area contributed by atoms with Crippen LogP contribution >= 0.6 is 0 Å². The predicted molar refractivity (Wildman–Crippen MR) is 241 cm³/mol. The molecule has 0 unspecified atom stereocenters. The molecule has 0 saturated carbocycles. The van der Waals surface area contributed by atoms with E-state index in [0.29, 0.717) is 33.2 Å². The zero-order valence-electron chi connectivity index (χ0n) is 32.5. The van der Waals surface area contributed by atoms with Crippen molar-refractivity contribution in [1.82, 2.24) is 14.0 Å². The minimum atomic E-state index is -1.66. The number of aromatic nitrogens is 4. The van der Waals surface area contributed by atoms with Crippen molar-refractivity contribution in [3.8, 4) is 44.5 Å². The second-order valence-corrected chi connectivity index (χ2v) is 15.2. The second kappa shape index (κ2) is 14.9. The van der Waals surface area contributed by atoms with Crippen LogP contribution in [0.2, 0.25) is 0 Å². The van der Waals surface area contributed by atoms with Gasteiger partial charge in [-0.2, -0.15) is 4.57 Å². The molecule has 2 aliphatic heterocycles. The van der Waals surface area contributed by atoms with Gasteiger partial charge in [0.05, 0.1) is 44.6 Å². The topological polar surface area (TPSA) is 187 Å². The number of rotatable bonds is 8. The molecule has 0 radical (unpaired) electrons. The lowest BCUT2D eigenvalue weighted by atomic mass is 9.80. The van der Waals surface area contributed by atoms with Crippen molar-refractivity contribution in [3.63, 3.8) is 0 Å². The Morgan fingerprint density at radius 2 is 0.623 bits per heavy atom. The zero-order valence-corrected chi connectivity index (χ0v) is 32.5. The number of fused-ring (bicyclic) bond motifs is 4. The van der Waals surface area contributed by atoms with Crippen LogP contribution in [0.4, 0.5) is 0 Å². The van der Waals surface area contributed by atoms with E-state index in [9.17, 15) is 40.2 Å². The van der Waals surface area contributed by atoms with Crippen molar-refractivity contribution >= 4 is 96.7 Å². The van der Waals surface area contributed by atoms with Crippen molar-refractivity contribution in [2.75, 3.05) is 0 Å². The van der Waals surface area contributed by atoms with E-state index in [1.807, 2.05) is 79.9 Å². The van der Waals surface area contributed by atoms with Crippen LogP contribution in [0, 0.1) is 0 Å². The van der Waals surface area contributed by atoms with Gasteiger partial charge in [0.1, 0.15) is 7.05 Å². The van der Waals surface area contributed by atoms with Gasteiger partial charge in [-0.15, -0.1) is 0 Å². The average Bonchev–Trinajstić information content (AvgIpc) is 4.08. The molecule has 61 heavy (non-hydrogen) atoms. The van der Waals surface area contributed by atoms with E-state index in [-0.39, 0.29) is 0 Å². The first kappa shape index (κ1) is 38.6. The monoisotopic (exact) mass is 803 g/mol. The molecule has 294 valence electrons. The Morgan fingerprint density at radius 1 is 0.361 bits per heavy atom. The van der Waals surface area contributed by atoms with Gasteiger partial charge >= 0.3 is 28.5 Å². The summed E-state index contributed by atoms with van der Waals surface area (Å²) >= 11 is 0. The third-order valence-corrected chi connectivity index (χ3v) is 11.7. The molecule has 16 heteroatoms. The predicted octanol–water partition coefficient (Wildman–Crippen LogP) is 1.04. The van der Waals surface area contributed by atoms with Crippen molar-refractivity contribution in [3.05, 3.63) is 144 Å². The lowest BCUT2D eigenvalue weighted by Crippen LogP contribution is -2.33. The first-order valence-corrected chi connectivity index (χ1v) is 19.6. The Labute approximate surface area is 350 Å². The third kappa shape index (κ3) is 6.33. The molecule has 2 aliphatic rings. The first-order valence-electron chi connectivity index (χ1n) is 19.6. The fourth-order valence-electron chi connectivity index (χ4n) is 8.70. The van der Waals surface area contributed by atoms with Crippen LogP contribution in [-0.2, 0) is 7.05 Å². The van der Waals surface area contributed by atoms with Crippen molar-refractivity contribution in [1.29, 1.82) is 0 Å². The Kier molecular flexibility index (Phi) is 9.40. The standard InChI is InChI=1S/C45H35B4N4O8/c1-51-36-20-21-37(51)45(29-8-16-33(17-9-29)49(60)61)41-25-23-39-43(27-4-12-31(13-5-27)47(56)57)35-19-18-34(50-35)42(26-2-10-30(11-3-26)46(54)55)38-22-24-40(52(38)53(39)41)44(36)28-6-14-32(15-7-28)48(58)59/h2-25,54-61H,1H3/q+1. The number of benzene rings is 4. The van der Waals surface area contributed by atoms with Gasteiger partial charge < -0.3 is 40.2 Å². The van der Waals surface area contributed by atoms with Gasteiger partial charge in [0.25, 0.3) is 0 Å². The Morgan fingerprint density at radius 3 is 0.902 bits per heavy atom. The van der Waals surface area contributed by atoms with Crippen LogP contribution in [0.3, 0.4) is 0 Å². The highest BCUT2D eigenvalue weighted by Gasteiger charge is 2.30. The molecule has 4 aromatic heterocycles. The van der Waals surface area contributed by atoms with Crippen LogP contribution in [0.15, 0.2) is 121 Å². The maximum absolute atomic E-state index is 10.0. The van der Waals surface area contributed by atoms with E-state index in [2.05, 4.69) is 37.9 Å². The number of hydrogen-bond acceptors (Lipinski definition) is 9. The van der Waals surface area contributed by atoms with Gasteiger partial charge in [0, 0.05) is 23.3 Å². The maximum atomic E-state index is 10.0. The van der Waals surface area contributed by atoms with Gasteiger partial charge in [-0.1, -0.05) is 97.1 Å². The molecular formula is C45H35B4N4O8+. The van der Waals surface area contributed by atoms with Crippen molar-refractivity contribution in [2.45, 2.75) is 0 Å². The molecule has 6 heterocycles. The first-order chi connectivity index (χ1) is 29.5. The number of nitrogens with zero attached hydrogens (tertiary/aromatic N) is 4. The van der Waals surface area contributed by atoms with E-state index < -0.39 is 28.5 Å². The van der Waals surface area contributed by atoms with Gasteiger partial charge in [-0.3, -0.25) is 0 Å². The van der Waals surface area contributed by atoms with Gasteiger partial charge in [0.15, 0.2) is 0 Å². The third-order valence-electron chi connectivity index (χ3n) is 11.7. The molecule has 0 saturated heterocycles. The minimum absolute atomic E-state index is 0.331. The number of hydrogen-bond donors (Lipinski definition) is 8. The summed E-state index contributed by atoms with van der Waals surface area (Å²) in [6.45, 7) is 0. The fourth-order valence-corrected chi connectivity index (χ4v) is 8.70. The van der Waals surface area contributed by atoms with E-state index >= 15 is 0 Å². The highest BCUT2D eigenvalue weighted by Crippen LogP contribution is 2.41. The van der Waals surface area contributed by atoms with Gasteiger partial charge in [-0.05, 0) is 80.5 Å². The largest absolute Gasteiger partial charge is 0.488 e. The lowest BCUT2D eigenvalue weighted by molar-refractivity contribution is -0.671. The smallest absolute Gasteiger partial charge is 0.423 e. The molecule has 4 aromatic carbocycles. The van der Waals surface area contributed by atoms with Crippen LogP contribution in [0.1, 0.15) is 22.8 Å². The molecule has 8 aromatic rings. The summed E-state index contributed by atoms with van der Waals surface area (Å²) in [5, 5.41) is 80.3. The highest BCUT2D eigenvalue weighted by molar-refractivity contribution is 6.59. The molecule has 0 aliphatic carbocycles. The molecule has 10 rings (SSSR count). The van der Waals surface area contributed by atoms with E-state index in [4.69, 9.17) is 4.98 Å². The Bertz CT molecular complexity index is 2990. The van der Waals surface area contributed by atoms with Crippen LogP contribution < -0.4 is 26.4 Å². The molecular weight excluding hydrogens is 768 g/mol. The summed E-state index contributed by atoms with van der Waals surface area (Å²) in [7, 11) is -4.62. The minimum Gasteiger partial charge on any atom is -0.423 e. The molecule has 0 spiro atoms. The van der Waals surface area contributed by atoms with Crippen LogP contribution in [0.25, 0.3) is 90.9 Å². The van der Waals surface area contributed by atoms with E-state index in [1.165, 1.54) is 0 Å². The Hall–Kier alpha value is -6.58. The van der Waals surface area contributed by atoms with Crippen LogP contribution in [0.5, 0.6) is 0 Å². The quantitative estimate of drug-likeness (QED) is 0.0822. The van der Waals surface area contributed by atoms with Crippen LogP contribution in [-0.4, -0.2) is 82.7 Å². The van der Waals surface area contributed by atoms with Gasteiger partial charge in [0.2, 0.25) is 11.4 Å². The summed E-state index contributed by atoms with van der Waals surface area (Å²) in [6.07, 6.45) is 8.04. The van der Waals surface area contributed by atoms with Gasteiger partial charge in [-0.25, -0.2) is 14.0 Å². The molecule has 0 amide bonds. The molecule has 0 atom stereocenters. The summed E-state index contributed by atoms with van der Waals surface area (Å²) in [5.74, 6) is 0. The van der Waals surface area contributed by atoms with Crippen molar-refractivity contribution in [2.24, 2.45) is 7.05 Å². The SMILES string of the molecule is C[n+]1c2c(-c3ccc(B(O)O)cc3)c3ccc4c(-c5ccc(B(O)O)cc5)c5nc(c(-c6ccc(B(O)O)cc6)c6ccc(c(-c7ccc(B(O)O)cc7)c1C=C2)n6n43)C=C5. The van der Waals surface area contributed by atoms with E-state index in [0.717, 1.165) is 78.0 Å². The summed E-state index contributed by atoms with van der Waals surface area (Å²) in [5.41, 5.74) is 13.8. The average molecular weight is 803 g/mol. The highest BCUT2D eigenvalue weighted by atomic mass is 16.4. The molecule has 12 nitrogen and oxygen atoms in total. The van der Waals surface area contributed by atoms with E-state index in [1.54, 1.807) is 48.5 Å². The summed E-state index contributed by atoms with van der Waals surface area (Å²) in [4.78, 5) is 5.29. The Balaban J connectivity index is 1.48. The maximum Gasteiger partial charge on any atom is 0.488 e. The summed E-state index contributed by atoms with van der Waals surface area (Å²) < 4.78 is 6.44. The molecule has 4 bridgehead atoms. The normalized spacial score (nSPS) is 12.2. The molecule has 0 fully saturated rings. The zero-order chi connectivity index (χ0) is 42.3. The summed E-state index contributed by atoms with van der Waals surface area (Å²) in [6, 6.07) is 36.5. The molecule has 8 N–H and O–H groups in total. The lowest BCUT2D eigenvalue weighted by Gasteiger charge is -2.13. The second-order valence-electron chi connectivity index (χ2n) is 15.2. The fraction of sp³-hybridized carbons (Fsp3) is 0.0222.